The molecule has 3 heterocycles. The van der Waals surface area contributed by atoms with Crippen LogP contribution in [0.4, 0.5) is 4.39 Å². The maximum Gasteiger partial charge on any atom is 0.258 e. The number of benzene rings is 1. The Bertz CT molecular complexity index is 1060. The molecule has 8 nitrogen and oxygen atoms in total. The summed E-state index contributed by atoms with van der Waals surface area (Å²) in [5, 5.41) is 11.3. The molecule has 1 aromatic carbocycles. The lowest BCUT2D eigenvalue weighted by atomic mass is 10.0. The van der Waals surface area contributed by atoms with Crippen LogP contribution in [0.3, 0.4) is 0 Å². The highest BCUT2D eigenvalue weighted by Gasteiger charge is 2.28. The monoisotopic (exact) mass is 466 g/mol. The van der Waals surface area contributed by atoms with Crippen molar-refractivity contribution < 1.29 is 23.1 Å². The summed E-state index contributed by atoms with van der Waals surface area (Å²) in [5.74, 6) is -0.187. The average molecular weight is 467 g/mol. The predicted octanol–water partition coefficient (Wildman–Crippen LogP) is 3.99. The molecule has 1 amide bonds. The zero-order valence-corrected chi connectivity index (χ0v) is 17.6. The van der Waals surface area contributed by atoms with Crippen molar-refractivity contribution in [2.24, 2.45) is 0 Å². The zero-order chi connectivity index (χ0) is 21.8. The summed E-state index contributed by atoms with van der Waals surface area (Å²) in [6.45, 7) is 0.00296. The lowest BCUT2D eigenvalue weighted by Crippen LogP contribution is -2.43. The molecule has 0 saturated carbocycles. The molecule has 162 valence electrons. The first-order valence-electron chi connectivity index (χ1n) is 9.42. The largest absolute Gasteiger partial charge is 0.482 e. The van der Waals surface area contributed by atoms with E-state index in [0.717, 1.165) is 11.6 Å². The Morgan fingerprint density at radius 3 is 2.74 bits per heavy atom. The van der Waals surface area contributed by atoms with Crippen LogP contribution in [-0.4, -0.2) is 40.3 Å². The van der Waals surface area contributed by atoms with Gasteiger partial charge in [0.25, 0.3) is 5.91 Å². The fourth-order valence-corrected chi connectivity index (χ4v) is 3.26. The van der Waals surface area contributed by atoms with Gasteiger partial charge in [0.15, 0.2) is 17.6 Å². The number of pyridine rings is 1. The quantitative estimate of drug-likeness (QED) is 0.548. The normalized spacial score (nSPS) is 18.5. The molecule has 1 N–H and O–H groups in total. The lowest BCUT2D eigenvalue weighted by molar-refractivity contribution is -0.125. The van der Waals surface area contributed by atoms with Crippen LogP contribution in [0.1, 0.15) is 24.8 Å². The van der Waals surface area contributed by atoms with E-state index in [9.17, 15) is 9.18 Å². The van der Waals surface area contributed by atoms with Gasteiger partial charge in [-0.3, -0.25) is 4.79 Å². The van der Waals surface area contributed by atoms with E-state index in [0.29, 0.717) is 29.6 Å². The van der Waals surface area contributed by atoms with E-state index in [4.69, 9.17) is 37.1 Å². The van der Waals surface area contributed by atoms with Crippen LogP contribution in [0.25, 0.3) is 11.5 Å². The van der Waals surface area contributed by atoms with Gasteiger partial charge in [0, 0.05) is 16.7 Å². The molecular formula is C20H17Cl2FN4O4. The van der Waals surface area contributed by atoms with Crippen molar-refractivity contribution >= 4 is 29.1 Å². The van der Waals surface area contributed by atoms with Crippen LogP contribution in [-0.2, 0) is 9.53 Å². The Balaban J connectivity index is 1.24. The number of hydrogen-bond donors (Lipinski definition) is 1. The number of rotatable bonds is 6. The SMILES string of the molecule is O=C(COc1cnc(Cl)c(F)c1)N[C@H]1CC[C@@H](c2nnc(-c3ccc(Cl)cc3)o2)OC1. The van der Waals surface area contributed by atoms with Crippen molar-refractivity contribution in [2.75, 3.05) is 13.2 Å². The Hall–Kier alpha value is -2.75. The third-order valence-corrected chi connectivity index (χ3v) is 5.12. The fraction of sp³-hybridized carbons (Fsp3) is 0.300. The van der Waals surface area contributed by atoms with Gasteiger partial charge in [0.2, 0.25) is 11.8 Å². The van der Waals surface area contributed by atoms with Crippen molar-refractivity contribution in [3.63, 3.8) is 0 Å². The van der Waals surface area contributed by atoms with Crippen LogP contribution in [0.5, 0.6) is 5.75 Å². The van der Waals surface area contributed by atoms with Crippen LogP contribution in [0, 0.1) is 5.82 Å². The first kappa shape index (κ1) is 21.5. The molecule has 1 aliphatic heterocycles. The van der Waals surface area contributed by atoms with E-state index in [1.807, 2.05) is 0 Å². The third-order valence-electron chi connectivity index (χ3n) is 4.59. The van der Waals surface area contributed by atoms with Gasteiger partial charge in [-0.15, -0.1) is 10.2 Å². The van der Waals surface area contributed by atoms with E-state index in [1.165, 1.54) is 6.20 Å². The molecule has 0 aliphatic carbocycles. The second-order valence-corrected chi connectivity index (χ2v) is 7.64. The number of carbonyl (C=O) groups is 1. The minimum atomic E-state index is -0.716. The second kappa shape index (κ2) is 9.59. The molecule has 0 bridgehead atoms. The minimum Gasteiger partial charge on any atom is -0.482 e. The number of hydrogen-bond acceptors (Lipinski definition) is 7. The number of aromatic nitrogens is 3. The van der Waals surface area contributed by atoms with E-state index in [-0.39, 0.29) is 42.2 Å². The maximum atomic E-state index is 13.4. The standard InChI is InChI=1S/C20H17Cl2FN4O4/c21-12-3-1-11(2-4-12)19-26-27-20(31-19)16-6-5-13(9-30-16)25-17(28)10-29-14-7-15(23)18(22)24-8-14/h1-4,7-8,13,16H,5-6,9-10H2,(H,25,28)/t13-,16-/m0/s1. The van der Waals surface area contributed by atoms with E-state index in [1.54, 1.807) is 24.3 Å². The van der Waals surface area contributed by atoms with Crippen molar-refractivity contribution in [2.45, 2.75) is 25.0 Å². The Labute approximate surface area is 186 Å². The highest BCUT2D eigenvalue weighted by atomic mass is 35.5. The third kappa shape index (κ3) is 5.49. The molecule has 3 aromatic rings. The molecule has 2 atom stereocenters. The molecule has 0 radical (unpaired) electrons. The van der Waals surface area contributed by atoms with Gasteiger partial charge in [-0.2, -0.15) is 0 Å². The molecule has 4 rings (SSSR count). The Morgan fingerprint density at radius 2 is 2.03 bits per heavy atom. The van der Waals surface area contributed by atoms with Crippen molar-refractivity contribution in [1.82, 2.24) is 20.5 Å². The average Bonchev–Trinajstić information content (AvgIpc) is 3.26. The molecule has 0 unspecified atom stereocenters. The highest BCUT2D eigenvalue weighted by molar-refractivity contribution is 6.30. The molecule has 1 fully saturated rings. The van der Waals surface area contributed by atoms with E-state index >= 15 is 0 Å². The highest BCUT2D eigenvalue weighted by Crippen LogP contribution is 2.29. The molecule has 1 saturated heterocycles. The van der Waals surface area contributed by atoms with Crippen molar-refractivity contribution in [1.29, 1.82) is 0 Å². The first-order chi connectivity index (χ1) is 15.0. The topological polar surface area (TPSA) is 99.4 Å². The predicted molar refractivity (Wildman–Crippen MR) is 109 cm³/mol. The van der Waals surface area contributed by atoms with Crippen molar-refractivity contribution in [3.8, 4) is 17.2 Å². The molecule has 11 heteroatoms. The number of halogens is 3. The number of nitrogens with one attached hydrogen (secondary N) is 1. The van der Waals surface area contributed by atoms with Crippen LogP contribution in [0.2, 0.25) is 10.2 Å². The number of amides is 1. The molecule has 1 aliphatic rings. The molecular weight excluding hydrogens is 450 g/mol. The summed E-state index contributed by atoms with van der Waals surface area (Å²) in [7, 11) is 0. The van der Waals surface area contributed by atoms with Gasteiger partial charge in [-0.05, 0) is 37.1 Å². The summed E-state index contributed by atoms with van der Waals surface area (Å²) in [5.41, 5.74) is 0.764. The number of carbonyl (C=O) groups excluding carboxylic acids is 1. The maximum absolute atomic E-state index is 13.4. The van der Waals surface area contributed by atoms with Crippen LogP contribution < -0.4 is 10.1 Å². The molecule has 0 spiro atoms. The van der Waals surface area contributed by atoms with Crippen LogP contribution in [0.15, 0.2) is 40.9 Å². The zero-order valence-electron chi connectivity index (χ0n) is 16.1. The van der Waals surface area contributed by atoms with Crippen LogP contribution >= 0.6 is 23.2 Å². The van der Waals surface area contributed by atoms with Gasteiger partial charge in [-0.1, -0.05) is 23.2 Å². The lowest BCUT2D eigenvalue weighted by Gasteiger charge is -2.27. The van der Waals surface area contributed by atoms with E-state index < -0.39 is 5.82 Å². The smallest absolute Gasteiger partial charge is 0.258 e. The Morgan fingerprint density at radius 1 is 1.23 bits per heavy atom. The van der Waals surface area contributed by atoms with Gasteiger partial charge >= 0.3 is 0 Å². The number of nitrogens with zero attached hydrogens (tertiary/aromatic N) is 3. The van der Waals surface area contributed by atoms with Gasteiger partial charge < -0.3 is 19.2 Å². The van der Waals surface area contributed by atoms with Gasteiger partial charge in [-0.25, -0.2) is 9.37 Å². The summed E-state index contributed by atoms with van der Waals surface area (Å²) in [6.07, 6.45) is 2.16. The Kier molecular flexibility index (Phi) is 6.64. The first-order valence-corrected chi connectivity index (χ1v) is 10.2. The second-order valence-electron chi connectivity index (χ2n) is 6.85. The summed E-state index contributed by atoms with van der Waals surface area (Å²) in [6, 6.07) is 7.96. The molecule has 2 aromatic heterocycles. The summed E-state index contributed by atoms with van der Waals surface area (Å²) >= 11 is 11.4. The number of ether oxygens (including phenoxy) is 2. The van der Waals surface area contributed by atoms with E-state index in [2.05, 4.69) is 20.5 Å². The summed E-state index contributed by atoms with van der Waals surface area (Å²) < 4.78 is 30.1. The van der Waals surface area contributed by atoms with Gasteiger partial charge in [0.1, 0.15) is 11.9 Å². The fourth-order valence-electron chi connectivity index (χ4n) is 3.03. The van der Waals surface area contributed by atoms with Crippen molar-refractivity contribution in [3.05, 3.63) is 58.4 Å². The van der Waals surface area contributed by atoms with Gasteiger partial charge in [0.05, 0.1) is 18.8 Å². The summed E-state index contributed by atoms with van der Waals surface area (Å²) in [4.78, 5) is 15.7. The molecule has 31 heavy (non-hydrogen) atoms. The minimum absolute atomic E-state index is 0.116.